The lowest BCUT2D eigenvalue weighted by Gasteiger charge is -2.24. The minimum atomic E-state index is -0.872. The highest BCUT2D eigenvalue weighted by Crippen LogP contribution is 2.35. The molecular weight excluding hydrogens is 464 g/mol. The highest BCUT2D eigenvalue weighted by atomic mass is 16.6. The number of imide groups is 1. The van der Waals surface area contributed by atoms with Gasteiger partial charge >= 0.3 is 0 Å². The largest absolute Gasteiger partial charge is 0.497 e. The topological polar surface area (TPSA) is 122 Å². The van der Waals surface area contributed by atoms with Crippen molar-refractivity contribution in [2.24, 2.45) is 5.10 Å². The van der Waals surface area contributed by atoms with Crippen molar-refractivity contribution < 1.29 is 24.0 Å². The summed E-state index contributed by atoms with van der Waals surface area (Å²) in [7, 11) is 1.56. The molecule has 3 aromatic rings. The number of fused-ring (bicyclic) bond motifs is 1. The van der Waals surface area contributed by atoms with E-state index in [-0.39, 0.29) is 11.1 Å². The van der Waals surface area contributed by atoms with Crippen LogP contribution in [0.5, 0.6) is 5.75 Å². The fraction of sp³-hybridized carbons (Fsp3) is 0.154. The Morgan fingerprint density at radius 2 is 1.75 bits per heavy atom. The maximum atomic E-state index is 13.5. The van der Waals surface area contributed by atoms with Gasteiger partial charge in [0.1, 0.15) is 17.9 Å². The molecule has 10 heteroatoms. The summed E-state index contributed by atoms with van der Waals surface area (Å²) < 4.78 is 5.23. The van der Waals surface area contributed by atoms with Crippen LogP contribution in [0.2, 0.25) is 0 Å². The quantitative estimate of drug-likeness (QED) is 0.299. The molecule has 0 bridgehead atoms. The summed E-state index contributed by atoms with van der Waals surface area (Å²) in [6.07, 6.45) is 0.426. The molecule has 0 radical (unpaired) electrons. The molecule has 36 heavy (non-hydrogen) atoms. The fourth-order valence-corrected chi connectivity index (χ4v) is 4.45. The van der Waals surface area contributed by atoms with Crippen LogP contribution in [-0.2, 0) is 4.79 Å². The van der Waals surface area contributed by atoms with Gasteiger partial charge in [0.15, 0.2) is 0 Å². The number of carbonyl (C=O) groups is 3. The molecule has 0 saturated carbocycles. The Balaban J connectivity index is 1.46. The molecule has 2 aliphatic rings. The molecule has 0 saturated heterocycles. The van der Waals surface area contributed by atoms with Gasteiger partial charge in [-0.2, -0.15) is 5.10 Å². The Morgan fingerprint density at radius 3 is 2.42 bits per heavy atom. The summed E-state index contributed by atoms with van der Waals surface area (Å²) in [5, 5.41) is 17.2. The van der Waals surface area contributed by atoms with Crippen molar-refractivity contribution in [3.8, 4) is 5.75 Å². The molecule has 2 heterocycles. The van der Waals surface area contributed by atoms with E-state index in [1.54, 1.807) is 19.2 Å². The first kappa shape index (κ1) is 22.9. The van der Waals surface area contributed by atoms with E-state index < -0.39 is 40.9 Å². The number of hydrogen-bond acceptors (Lipinski definition) is 7. The van der Waals surface area contributed by atoms with E-state index in [9.17, 15) is 24.5 Å². The Hall–Kier alpha value is -4.86. The zero-order chi connectivity index (χ0) is 25.4. The zero-order valence-electron chi connectivity index (χ0n) is 19.2. The summed E-state index contributed by atoms with van der Waals surface area (Å²) in [5.74, 6) is -1.55. The van der Waals surface area contributed by atoms with Crippen LogP contribution in [0.4, 0.5) is 5.69 Å². The van der Waals surface area contributed by atoms with Gasteiger partial charge in [0.25, 0.3) is 23.4 Å². The number of amides is 3. The van der Waals surface area contributed by atoms with Gasteiger partial charge in [0.2, 0.25) is 0 Å². The van der Waals surface area contributed by atoms with Crippen molar-refractivity contribution >= 4 is 29.1 Å². The summed E-state index contributed by atoms with van der Waals surface area (Å²) in [5.41, 5.74) is 1.47. The van der Waals surface area contributed by atoms with Crippen LogP contribution in [0.1, 0.15) is 44.3 Å². The van der Waals surface area contributed by atoms with Crippen molar-refractivity contribution in [2.45, 2.75) is 12.5 Å². The van der Waals surface area contributed by atoms with Gasteiger partial charge in [-0.25, -0.2) is 5.01 Å². The van der Waals surface area contributed by atoms with Crippen LogP contribution in [0, 0.1) is 10.1 Å². The third kappa shape index (κ3) is 3.88. The van der Waals surface area contributed by atoms with Gasteiger partial charge in [-0.1, -0.05) is 48.5 Å². The number of hydrazone groups is 1. The number of benzene rings is 3. The van der Waals surface area contributed by atoms with E-state index >= 15 is 0 Å². The molecule has 5 rings (SSSR count). The Morgan fingerprint density at radius 1 is 1.03 bits per heavy atom. The second kappa shape index (κ2) is 9.06. The van der Waals surface area contributed by atoms with Crippen molar-refractivity contribution in [3.05, 3.63) is 105 Å². The SMILES string of the molecule is COc1ccc(C2CC(c3ccccc3)=NN2C(=O)CN2C(=O)c3cccc([N+](=O)[O-])c3C2=O)cc1. The summed E-state index contributed by atoms with van der Waals surface area (Å²) in [6.45, 7) is -0.596. The predicted octanol–water partition coefficient (Wildman–Crippen LogP) is 3.58. The normalized spacial score (nSPS) is 16.7. The minimum absolute atomic E-state index is 0.0939. The minimum Gasteiger partial charge on any atom is -0.497 e. The van der Waals surface area contributed by atoms with Crippen LogP contribution in [0.15, 0.2) is 77.9 Å². The maximum Gasteiger partial charge on any atom is 0.282 e. The lowest BCUT2D eigenvalue weighted by Crippen LogP contribution is -2.41. The van der Waals surface area contributed by atoms with E-state index in [0.29, 0.717) is 17.9 Å². The monoisotopic (exact) mass is 484 g/mol. The average molecular weight is 484 g/mol. The molecule has 10 nitrogen and oxygen atoms in total. The maximum absolute atomic E-state index is 13.5. The second-order valence-electron chi connectivity index (χ2n) is 8.30. The molecule has 0 spiro atoms. The molecule has 1 unspecified atom stereocenters. The van der Waals surface area contributed by atoms with E-state index in [1.807, 2.05) is 42.5 Å². The molecular formula is C26H20N4O6. The predicted molar refractivity (Wildman–Crippen MR) is 129 cm³/mol. The molecule has 0 aliphatic carbocycles. The number of nitrogens with zero attached hydrogens (tertiary/aromatic N) is 4. The van der Waals surface area contributed by atoms with E-state index in [1.165, 1.54) is 17.1 Å². The number of rotatable bonds is 6. The molecule has 3 aromatic carbocycles. The number of carbonyl (C=O) groups excluding carboxylic acids is 3. The van der Waals surface area contributed by atoms with Crippen molar-refractivity contribution in [3.63, 3.8) is 0 Å². The number of nitro benzene ring substituents is 1. The lowest BCUT2D eigenvalue weighted by atomic mass is 9.98. The molecule has 0 aromatic heterocycles. The van der Waals surface area contributed by atoms with Crippen molar-refractivity contribution in [1.29, 1.82) is 0 Å². The average Bonchev–Trinajstić information content (AvgIpc) is 3.45. The van der Waals surface area contributed by atoms with Crippen LogP contribution in [0.3, 0.4) is 0 Å². The standard InChI is InChI=1S/C26H20N4O6/c1-36-18-12-10-17(11-13-18)22-14-20(16-6-3-2-4-7-16)27-29(22)23(31)15-28-25(32)19-8-5-9-21(30(34)35)24(19)26(28)33/h2-13,22H,14-15H2,1H3. The van der Waals surface area contributed by atoms with Crippen LogP contribution in [-0.4, -0.2) is 51.9 Å². The van der Waals surface area contributed by atoms with Gasteiger partial charge in [-0.05, 0) is 29.3 Å². The van der Waals surface area contributed by atoms with Crippen LogP contribution in [0.25, 0.3) is 0 Å². The van der Waals surface area contributed by atoms with Gasteiger partial charge < -0.3 is 4.74 Å². The van der Waals surface area contributed by atoms with Crippen LogP contribution < -0.4 is 4.74 Å². The van der Waals surface area contributed by atoms with E-state index in [2.05, 4.69) is 5.10 Å². The summed E-state index contributed by atoms with van der Waals surface area (Å²) >= 11 is 0. The Bertz CT molecular complexity index is 1420. The van der Waals surface area contributed by atoms with Crippen LogP contribution >= 0.6 is 0 Å². The Kier molecular flexibility index (Phi) is 5.77. The zero-order valence-corrected chi connectivity index (χ0v) is 19.2. The first-order valence-corrected chi connectivity index (χ1v) is 11.1. The molecule has 0 fully saturated rings. The number of ether oxygens (including phenoxy) is 1. The smallest absolute Gasteiger partial charge is 0.282 e. The third-order valence-corrected chi connectivity index (χ3v) is 6.24. The highest BCUT2D eigenvalue weighted by molar-refractivity contribution is 6.24. The number of methoxy groups -OCH3 is 1. The van der Waals surface area contributed by atoms with Gasteiger partial charge in [0, 0.05) is 12.5 Å². The van der Waals surface area contributed by atoms with Crippen molar-refractivity contribution in [1.82, 2.24) is 9.91 Å². The number of nitro groups is 1. The highest BCUT2D eigenvalue weighted by Gasteiger charge is 2.43. The third-order valence-electron chi connectivity index (χ3n) is 6.24. The first-order valence-electron chi connectivity index (χ1n) is 11.1. The number of hydrogen-bond donors (Lipinski definition) is 0. The fourth-order valence-electron chi connectivity index (χ4n) is 4.45. The van der Waals surface area contributed by atoms with Gasteiger partial charge in [-0.3, -0.25) is 29.4 Å². The lowest BCUT2D eigenvalue weighted by molar-refractivity contribution is -0.385. The second-order valence-corrected chi connectivity index (χ2v) is 8.30. The van der Waals surface area contributed by atoms with E-state index in [0.717, 1.165) is 22.1 Å². The Labute approximate surface area is 205 Å². The first-order chi connectivity index (χ1) is 17.4. The van der Waals surface area contributed by atoms with E-state index in [4.69, 9.17) is 4.74 Å². The molecule has 3 amide bonds. The summed E-state index contributed by atoms with van der Waals surface area (Å²) in [6, 6.07) is 20.0. The summed E-state index contributed by atoms with van der Waals surface area (Å²) in [4.78, 5) is 50.7. The van der Waals surface area contributed by atoms with Crippen molar-refractivity contribution in [2.75, 3.05) is 13.7 Å². The molecule has 1 atom stereocenters. The molecule has 0 N–H and O–H groups in total. The molecule has 180 valence electrons. The van der Waals surface area contributed by atoms with Gasteiger partial charge in [0.05, 0.1) is 29.4 Å². The van der Waals surface area contributed by atoms with Gasteiger partial charge in [-0.15, -0.1) is 0 Å². The molecule has 2 aliphatic heterocycles.